The third kappa shape index (κ3) is 3.01. The Kier molecular flexibility index (Phi) is 4.26. The van der Waals surface area contributed by atoms with E-state index in [-0.39, 0.29) is 0 Å². The van der Waals surface area contributed by atoms with Gasteiger partial charge in [-0.25, -0.2) is 9.97 Å². The standard InChI is InChI=1S/C22H27N3S/c1-13-7-6-8-17(14(13)2)25-20-19-16-10-9-15(22(3,4)5)11-18(16)26-21(19)24-12-23-20/h6-8,12,15H,9-11H2,1-5H3,(H,23,24,25). The van der Waals surface area contributed by atoms with Crippen molar-refractivity contribution in [1.29, 1.82) is 0 Å². The lowest BCUT2D eigenvalue weighted by Gasteiger charge is -2.33. The number of hydrogen-bond acceptors (Lipinski definition) is 4. The van der Waals surface area contributed by atoms with E-state index >= 15 is 0 Å². The van der Waals surface area contributed by atoms with Crippen molar-refractivity contribution in [3.05, 3.63) is 46.1 Å². The number of fused-ring (bicyclic) bond motifs is 3. The van der Waals surface area contributed by atoms with Crippen LogP contribution < -0.4 is 5.32 Å². The van der Waals surface area contributed by atoms with Crippen LogP contribution in [-0.4, -0.2) is 9.97 Å². The van der Waals surface area contributed by atoms with Crippen LogP contribution in [0, 0.1) is 25.2 Å². The maximum absolute atomic E-state index is 4.61. The molecule has 3 nitrogen and oxygen atoms in total. The number of nitrogens with zero attached hydrogens (tertiary/aromatic N) is 2. The Labute approximate surface area is 159 Å². The van der Waals surface area contributed by atoms with Crippen LogP contribution in [-0.2, 0) is 12.8 Å². The average molecular weight is 366 g/mol. The van der Waals surface area contributed by atoms with Gasteiger partial charge in [0.2, 0.25) is 0 Å². The number of rotatable bonds is 2. The van der Waals surface area contributed by atoms with E-state index < -0.39 is 0 Å². The first-order valence-corrected chi connectivity index (χ1v) is 10.2. The second-order valence-electron chi connectivity index (χ2n) is 8.58. The first kappa shape index (κ1) is 17.5. The van der Waals surface area contributed by atoms with Crippen LogP contribution in [0.4, 0.5) is 11.5 Å². The molecule has 1 N–H and O–H groups in total. The highest BCUT2D eigenvalue weighted by molar-refractivity contribution is 7.19. The summed E-state index contributed by atoms with van der Waals surface area (Å²) >= 11 is 1.86. The number of benzene rings is 1. The van der Waals surface area contributed by atoms with Gasteiger partial charge in [0.05, 0.1) is 5.39 Å². The smallest absolute Gasteiger partial charge is 0.142 e. The molecule has 1 atom stereocenters. The van der Waals surface area contributed by atoms with Gasteiger partial charge in [-0.05, 0) is 67.2 Å². The maximum Gasteiger partial charge on any atom is 0.142 e. The van der Waals surface area contributed by atoms with Gasteiger partial charge in [0.25, 0.3) is 0 Å². The molecule has 0 saturated carbocycles. The summed E-state index contributed by atoms with van der Waals surface area (Å²) in [6.07, 6.45) is 5.24. The molecule has 0 saturated heterocycles. The molecule has 0 spiro atoms. The molecule has 136 valence electrons. The summed E-state index contributed by atoms with van der Waals surface area (Å²) in [5.41, 5.74) is 5.53. The summed E-state index contributed by atoms with van der Waals surface area (Å²) in [6.45, 7) is 11.4. The fourth-order valence-electron chi connectivity index (χ4n) is 3.96. The highest BCUT2D eigenvalue weighted by Crippen LogP contribution is 2.44. The van der Waals surface area contributed by atoms with E-state index in [0.29, 0.717) is 5.41 Å². The zero-order valence-electron chi connectivity index (χ0n) is 16.3. The second kappa shape index (κ2) is 6.34. The van der Waals surface area contributed by atoms with E-state index in [1.165, 1.54) is 39.8 Å². The van der Waals surface area contributed by atoms with Crippen LogP contribution in [0.25, 0.3) is 10.2 Å². The van der Waals surface area contributed by atoms with E-state index in [1.807, 2.05) is 11.3 Å². The topological polar surface area (TPSA) is 37.8 Å². The molecule has 0 bridgehead atoms. The summed E-state index contributed by atoms with van der Waals surface area (Å²) in [4.78, 5) is 11.8. The number of anilines is 2. The summed E-state index contributed by atoms with van der Waals surface area (Å²) < 4.78 is 0. The number of nitrogens with one attached hydrogen (secondary N) is 1. The number of hydrogen-bond donors (Lipinski definition) is 1. The molecule has 26 heavy (non-hydrogen) atoms. The van der Waals surface area contributed by atoms with Crippen molar-refractivity contribution >= 4 is 33.1 Å². The van der Waals surface area contributed by atoms with Gasteiger partial charge >= 0.3 is 0 Å². The molecular weight excluding hydrogens is 338 g/mol. The predicted molar refractivity (Wildman–Crippen MR) is 112 cm³/mol. The molecule has 2 heterocycles. The Morgan fingerprint density at radius 3 is 2.73 bits per heavy atom. The first-order valence-electron chi connectivity index (χ1n) is 9.43. The molecule has 0 amide bonds. The Morgan fingerprint density at radius 2 is 1.96 bits per heavy atom. The van der Waals surface area contributed by atoms with Gasteiger partial charge in [0.15, 0.2) is 0 Å². The van der Waals surface area contributed by atoms with E-state index in [2.05, 4.69) is 68.1 Å². The third-order valence-corrected chi connectivity index (χ3v) is 7.09. The highest BCUT2D eigenvalue weighted by atomic mass is 32.1. The van der Waals surface area contributed by atoms with Gasteiger partial charge in [-0.15, -0.1) is 11.3 Å². The molecule has 1 aliphatic rings. The van der Waals surface area contributed by atoms with Crippen molar-refractivity contribution in [2.75, 3.05) is 5.32 Å². The molecule has 1 unspecified atom stereocenters. The van der Waals surface area contributed by atoms with Crippen molar-refractivity contribution in [3.63, 3.8) is 0 Å². The van der Waals surface area contributed by atoms with E-state index in [4.69, 9.17) is 0 Å². The first-order chi connectivity index (χ1) is 12.3. The number of aromatic nitrogens is 2. The minimum Gasteiger partial charge on any atom is -0.339 e. The van der Waals surface area contributed by atoms with Crippen LogP contribution >= 0.6 is 11.3 Å². The quantitative estimate of drug-likeness (QED) is 0.587. The lowest BCUT2D eigenvalue weighted by molar-refractivity contribution is 0.218. The normalized spacial score (nSPS) is 17.3. The molecular formula is C22H27N3S. The van der Waals surface area contributed by atoms with E-state index in [0.717, 1.165) is 28.7 Å². The zero-order valence-corrected chi connectivity index (χ0v) is 17.1. The lowest BCUT2D eigenvalue weighted by atomic mass is 9.72. The Morgan fingerprint density at radius 1 is 1.15 bits per heavy atom. The van der Waals surface area contributed by atoms with Gasteiger partial charge in [0.1, 0.15) is 17.0 Å². The average Bonchev–Trinajstić information content (AvgIpc) is 2.97. The van der Waals surface area contributed by atoms with Crippen molar-refractivity contribution < 1.29 is 0 Å². The molecule has 0 fully saturated rings. The molecule has 4 heteroatoms. The summed E-state index contributed by atoms with van der Waals surface area (Å²) in [6, 6.07) is 6.37. The van der Waals surface area contributed by atoms with Crippen molar-refractivity contribution in [3.8, 4) is 0 Å². The van der Waals surface area contributed by atoms with Crippen LogP contribution in [0.2, 0.25) is 0 Å². The maximum atomic E-state index is 4.61. The lowest BCUT2D eigenvalue weighted by Crippen LogP contribution is -2.26. The minimum absolute atomic E-state index is 0.360. The summed E-state index contributed by atoms with van der Waals surface area (Å²) in [5, 5.41) is 4.83. The number of thiophene rings is 1. The SMILES string of the molecule is Cc1cccc(Nc2ncnc3sc4c(c23)CCC(C(C)(C)C)C4)c1C. The molecule has 3 aromatic rings. The van der Waals surface area contributed by atoms with Gasteiger partial charge in [-0.1, -0.05) is 32.9 Å². The monoisotopic (exact) mass is 365 g/mol. The van der Waals surface area contributed by atoms with E-state index in [1.54, 1.807) is 6.33 Å². The Bertz CT molecular complexity index is 965. The minimum atomic E-state index is 0.360. The zero-order chi connectivity index (χ0) is 18.5. The van der Waals surface area contributed by atoms with Gasteiger partial charge < -0.3 is 5.32 Å². The van der Waals surface area contributed by atoms with Crippen LogP contribution in [0.3, 0.4) is 0 Å². The summed E-state index contributed by atoms with van der Waals surface area (Å²) in [5.74, 6) is 1.70. The second-order valence-corrected chi connectivity index (χ2v) is 9.67. The number of aryl methyl sites for hydroxylation is 2. The molecule has 1 aromatic carbocycles. The van der Waals surface area contributed by atoms with Crippen LogP contribution in [0.1, 0.15) is 48.8 Å². The van der Waals surface area contributed by atoms with E-state index in [9.17, 15) is 0 Å². The Balaban J connectivity index is 1.76. The fraction of sp³-hybridized carbons (Fsp3) is 0.455. The van der Waals surface area contributed by atoms with Crippen LogP contribution in [0.5, 0.6) is 0 Å². The van der Waals surface area contributed by atoms with Crippen LogP contribution in [0.15, 0.2) is 24.5 Å². The van der Waals surface area contributed by atoms with Crippen molar-refractivity contribution in [2.45, 2.75) is 53.9 Å². The van der Waals surface area contributed by atoms with Gasteiger partial charge in [0, 0.05) is 10.6 Å². The largest absolute Gasteiger partial charge is 0.339 e. The highest BCUT2D eigenvalue weighted by Gasteiger charge is 2.31. The molecule has 2 aromatic heterocycles. The van der Waals surface area contributed by atoms with Gasteiger partial charge in [-0.2, -0.15) is 0 Å². The van der Waals surface area contributed by atoms with Crippen molar-refractivity contribution in [2.24, 2.45) is 11.3 Å². The fourth-order valence-corrected chi connectivity index (χ4v) is 5.23. The molecule has 0 radical (unpaired) electrons. The molecule has 4 rings (SSSR count). The Hall–Kier alpha value is -1.94. The third-order valence-electron chi connectivity index (χ3n) is 5.93. The molecule has 0 aliphatic heterocycles. The van der Waals surface area contributed by atoms with Gasteiger partial charge in [-0.3, -0.25) is 0 Å². The predicted octanol–water partition coefficient (Wildman–Crippen LogP) is 6.20. The molecule has 1 aliphatic carbocycles. The summed E-state index contributed by atoms with van der Waals surface area (Å²) in [7, 11) is 0. The van der Waals surface area contributed by atoms with Crippen molar-refractivity contribution in [1.82, 2.24) is 9.97 Å².